The highest BCUT2D eigenvalue weighted by atomic mass is 35.5. The van der Waals surface area contributed by atoms with Crippen LogP contribution in [0.5, 0.6) is 0 Å². The Morgan fingerprint density at radius 3 is 2.64 bits per heavy atom. The Morgan fingerprint density at radius 2 is 1.77 bits per heavy atom. The van der Waals surface area contributed by atoms with Crippen LogP contribution in [0.4, 0.5) is 5.69 Å². The number of carbonyl (C=O) groups excluding carboxylic acids is 2. The predicted molar refractivity (Wildman–Crippen MR) is 156 cm³/mol. The average molecular weight is 557 g/mol. The number of hydrogen-bond acceptors (Lipinski definition) is 4. The molecule has 0 N–H and O–H groups in total. The fraction of sp³-hybridized carbons (Fsp3) is 0.219. The van der Waals surface area contributed by atoms with Crippen LogP contribution in [0.3, 0.4) is 0 Å². The van der Waals surface area contributed by atoms with Gasteiger partial charge in [0, 0.05) is 17.6 Å². The van der Waals surface area contributed by atoms with E-state index in [1.165, 1.54) is 0 Å². The first kappa shape index (κ1) is 25.6. The summed E-state index contributed by atoms with van der Waals surface area (Å²) in [5.41, 5.74) is 6.55. The van der Waals surface area contributed by atoms with Gasteiger partial charge >= 0.3 is 5.97 Å². The lowest BCUT2D eigenvalue weighted by Crippen LogP contribution is -2.39. The van der Waals surface area contributed by atoms with E-state index in [2.05, 4.69) is 0 Å². The van der Waals surface area contributed by atoms with Crippen LogP contribution in [-0.4, -0.2) is 29.5 Å². The Morgan fingerprint density at radius 1 is 0.974 bits per heavy atom. The Balaban J connectivity index is 1.37. The SMILES string of the molecule is C[C@H](OC(=O)c1c2c(nc3ccccc13)/C(=C\c1cccc(Cl)c1Cl)CCC2)C(=O)N1CCc2ccccc21. The maximum atomic E-state index is 13.8. The van der Waals surface area contributed by atoms with Crippen LogP contribution in [0, 0.1) is 0 Å². The molecule has 2 aliphatic rings. The molecule has 0 unspecified atom stereocenters. The fourth-order valence-electron chi connectivity index (χ4n) is 5.58. The van der Waals surface area contributed by atoms with E-state index in [-0.39, 0.29) is 5.91 Å². The maximum Gasteiger partial charge on any atom is 0.339 e. The van der Waals surface area contributed by atoms with Gasteiger partial charge in [-0.25, -0.2) is 9.78 Å². The van der Waals surface area contributed by atoms with E-state index < -0.39 is 12.1 Å². The number of carbonyl (C=O) groups is 2. The number of fused-ring (bicyclic) bond motifs is 3. The quantitative estimate of drug-likeness (QED) is 0.243. The van der Waals surface area contributed by atoms with Crippen LogP contribution in [-0.2, 0) is 22.4 Å². The number of para-hydroxylation sites is 2. The first-order valence-corrected chi connectivity index (χ1v) is 13.8. The number of aromatic nitrogens is 1. The molecule has 1 amide bonds. The molecule has 0 spiro atoms. The number of rotatable bonds is 4. The minimum absolute atomic E-state index is 0.225. The van der Waals surface area contributed by atoms with Crippen LogP contribution in [0.25, 0.3) is 22.6 Å². The van der Waals surface area contributed by atoms with Crippen molar-refractivity contribution in [2.75, 3.05) is 11.4 Å². The van der Waals surface area contributed by atoms with Gasteiger partial charge in [0.05, 0.1) is 26.8 Å². The zero-order valence-electron chi connectivity index (χ0n) is 21.4. The number of hydrogen-bond donors (Lipinski definition) is 0. The number of pyridine rings is 1. The number of benzene rings is 3. The number of ether oxygens (including phenoxy) is 1. The van der Waals surface area contributed by atoms with Crippen LogP contribution in [0.2, 0.25) is 10.0 Å². The topological polar surface area (TPSA) is 59.5 Å². The third-order valence-corrected chi connectivity index (χ3v) is 8.30. The second kappa shape index (κ2) is 10.5. The number of halogens is 2. The van der Waals surface area contributed by atoms with E-state index in [4.69, 9.17) is 32.9 Å². The highest BCUT2D eigenvalue weighted by molar-refractivity contribution is 6.43. The summed E-state index contributed by atoms with van der Waals surface area (Å²) in [4.78, 5) is 33.8. The van der Waals surface area contributed by atoms with E-state index in [9.17, 15) is 9.59 Å². The molecule has 7 heteroatoms. The van der Waals surface area contributed by atoms with Gasteiger partial charge in [0.15, 0.2) is 6.10 Å². The van der Waals surface area contributed by atoms with Crippen LogP contribution in [0.1, 0.15) is 52.5 Å². The van der Waals surface area contributed by atoms with Crippen LogP contribution < -0.4 is 4.90 Å². The molecular formula is C32H26Cl2N2O3. The van der Waals surface area contributed by atoms with Gasteiger partial charge in [-0.2, -0.15) is 0 Å². The molecule has 0 saturated carbocycles. The maximum absolute atomic E-state index is 13.8. The van der Waals surface area contributed by atoms with Gasteiger partial charge in [-0.05, 0) is 79.1 Å². The van der Waals surface area contributed by atoms with E-state index in [0.717, 1.165) is 58.3 Å². The zero-order chi connectivity index (χ0) is 27.1. The van der Waals surface area contributed by atoms with E-state index in [0.29, 0.717) is 34.1 Å². The summed E-state index contributed by atoms with van der Waals surface area (Å²) in [5, 5.41) is 1.68. The summed E-state index contributed by atoms with van der Waals surface area (Å²) < 4.78 is 5.87. The summed E-state index contributed by atoms with van der Waals surface area (Å²) >= 11 is 12.7. The third kappa shape index (κ3) is 4.70. The predicted octanol–water partition coefficient (Wildman–Crippen LogP) is 7.55. The second-order valence-electron chi connectivity index (χ2n) is 9.91. The molecule has 0 fully saturated rings. The molecule has 1 aromatic heterocycles. The molecule has 6 rings (SSSR count). The van der Waals surface area contributed by atoms with E-state index in [1.54, 1.807) is 17.9 Å². The molecule has 0 bridgehead atoms. The average Bonchev–Trinajstić information content (AvgIpc) is 3.38. The monoisotopic (exact) mass is 556 g/mol. The molecule has 3 aromatic carbocycles. The third-order valence-electron chi connectivity index (χ3n) is 7.47. The number of amides is 1. The number of allylic oxidation sites excluding steroid dienone is 1. The highest BCUT2D eigenvalue weighted by Crippen LogP contribution is 2.38. The summed E-state index contributed by atoms with van der Waals surface area (Å²) in [6.07, 6.45) is 4.17. The van der Waals surface area contributed by atoms with Crippen LogP contribution >= 0.6 is 23.2 Å². The van der Waals surface area contributed by atoms with Crippen molar-refractivity contribution in [3.8, 4) is 0 Å². The molecule has 4 aromatic rings. The smallest absolute Gasteiger partial charge is 0.339 e. The first-order chi connectivity index (χ1) is 18.9. The van der Waals surface area contributed by atoms with Crippen molar-refractivity contribution < 1.29 is 14.3 Å². The van der Waals surface area contributed by atoms with Crippen molar-refractivity contribution >= 4 is 63.3 Å². The lowest BCUT2D eigenvalue weighted by Gasteiger charge is -2.25. The van der Waals surface area contributed by atoms with Crippen molar-refractivity contribution in [2.24, 2.45) is 0 Å². The normalized spacial score (nSPS) is 16.2. The van der Waals surface area contributed by atoms with Crippen LogP contribution in [0.15, 0.2) is 66.7 Å². The molecule has 1 aliphatic heterocycles. The molecule has 39 heavy (non-hydrogen) atoms. The number of anilines is 1. The minimum Gasteiger partial charge on any atom is -0.449 e. The van der Waals surface area contributed by atoms with Gasteiger partial charge in [0.2, 0.25) is 0 Å². The van der Waals surface area contributed by atoms with Crippen molar-refractivity contribution in [2.45, 2.75) is 38.7 Å². The number of esters is 1. The molecule has 1 atom stereocenters. The van der Waals surface area contributed by atoms with Gasteiger partial charge in [-0.15, -0.1) is 0 Å². The second-order valence-corrected chi connectivity index (χ2v) is 10.7. The molecule has 5 nitrogen and oxygen atoms in total. The van der Waals surface area contributed by atoms with Gasteiger partial charge in [-0.1, -0.05) is 71.7 Å². The van der Waals surface area contributed by atoms with Crippen molar-refractivity contribution in [1.29, 1.82) is 0 Å². The van der Waals surface area contributed by atoms with Gasteiger partial charge in [0.1, 0.15) is 0 Å². The Labute approximate surface area is 237 Å². The van der Waals surface area contributed by atoms with E-state index in [1.807, 2.05) is 66.7 Å². The molecule has 2 heterocycles. The van der Waals surface area contributed by atoms with Gasteiger partial charge in [0.25, 0.3) is 5.91 Å². The molecule has 0 saturated heterocycles. The summed E-state index contributed by atoms with van der Waals surface area (Å²) in [7, 11) is 0. The first-order valence-electron chi connectivity index (χ1n) is 13.1. The lowest BCUT2D eigenvalue weighted by molar-refractivity contribution is -0.126. The molecule has 1 aliphatic carbocycles. The fourth-order valence-corrected chi connectivity index (χ4v) is 5.95. The van der Waals surface area contributed by atoms with E-state index >= 15 is 0 Å². The van der Waals surface area contributed by atoms with Gasteiger partial charge in [-0.3, -0.25) is 4.79 Å². The summed E-state index contributed by atoms with van der Waals surface area (Å²) in [6, 6.07) is 20.9. The Bertz CT molecular complexity index is 1660. The largest absolute Gasteiger partial charge is 0.449 e. The van der Waals surface area contributed by atoms with Crippen molar-refractivity contribution in [3.05, 3.63) is 105 Å². The molecular weight excluding hydrogens is 531 g/mol. The standard InChI is InChI=1S/C32H26Cl2N2O3/c1-19(31(37)36-17-16-20-8-2-5-15-27(20)36)39-32(38)28-23-11-3-4-14-26(23)35-30-22(10-6-12-24(28)30)18-21-9-7-13-25(33)29(21)34/h2-5,7-9,11,13-15,18-19H,6,10,12,16-17H2,1H3/b22-18-/t19-/m0/s1. The Kier molecular flexibility index (Phi) is 6.88. The summed E-state index contributed by atoms with van der Waals surface area (Å²) in [5.74, 6) is -0.739. The number of nitrogens with zero attached hydrogens (tertiary/aromatic N) is 2. The molecule has 196 valence electrons. The molecule has 0 radical (unpaired) electrons. The Hall–Kier alpha value is -3.67. The van der Waals surface area contributed by atoms with Crippen molar-refractivity contribution in [1.82, 2.24) is 4.98 Å². The van der Waals surface area contributed by atoms with Crippen molar-refractivity contribution in [3.63, 3.8) is 0 Å². The highest BCUT2D eigenvalue weighted by Gasteiger charge is 2.32. The zero-order valence-corrected chi connectivity index (χ0v) is 22.9. The summed E-state index contributed by atoms with van der Waals surface area (Å²) in [6.45, 7) is 2.22. The minimum atomic E-state index is -0.935. The lowest BCUT2D eigenvalue weighted by atomic mass is 9.86. The van der Waals surface area contributed by atoms with Gasteiger partial charge < -0.3 is 9.64 Å².